The van der Waals surface area contributed by atoms with Crippen molar-refractivity contribution >= 4 is 19.2 Å². The SMILES string of the molecule is CCCCCCCCCCCCOc1cccc(OCC(COP(=O)([O-])Oc2ccccc2C[n+]2ccsc2)OCC)c1C. The molecule has 0 spiro atoms. The first kappa shape index (κ1) is 36.1. The van der Waals surface area contributed by atoms with E-state index in [1.54, 1.807) is 23.5 Å². The van der Waals surface area contributed by atoms with E-state index < -0.39 is 13.9 Å². The molecule has 2 aromatic carbocycles. The van der Waals surface area contributed by atoms with Crippen molar-refractivity contribution in [3.05, 3.63) is 70.7 Å². The molecule has 0 radical (unpaired) electrons. The Bertz CT molecular complexity index is 1240. The number of nitrogens with zero attached hydrogens (tertiary/aromatic N) is 1. The van der Waals surface area contributed by atoms with Crippen LogP contribution in [0.3, 0.4) is 0 Å². The molecule has 0 amide bonds. The Morgan fingerprint density at radius 1 is 0.841 bits per heavy atom. The number of aromatic nitrogens is 1. The number of hydrogen-bond donors (Lipinski definition) is 0. The van der Waals surface area contributed by atoms with Gasteiger partial charge in [-0.15, -0.1) is 0 Å². The summed E-state index contributed by atoms with van der Waals surface area (Å²) in [4.78, 5) is 12.7. The minimum absolute atomic E-state index is 0.113. The third kappa shape index (κ3) is 13.7. The maximum Gasteiger partial charge on any atom is 0.319 e. The number of rotatable bonds is 24. The summed E-state index contributed by atoms with van der Waals surface area (Å²) in [7, 11) is -4.67. The van der Waals surface area contributed by atoms with Gasteiger partial charge in [0.2, 0.25) is 5.51 Å². The molecule has 0 aliphatic heterocycles. The summed E-state index contributed by atoms with van der Waals surface area (Å²) in [6.07, 6.45) is 14.1. The minimum atomic E-state index is -4.67. The van der Waals surface area contributed by atoms with Crippen LogP contribution in [0, 0.1) is 6.92 Å². The van der Waals surface area contributed by atoms with Gasteiger partial charge < -0.3 is 28.2 Å². The number of thiazole rings is 1. The number of unbranched alkanes of at least 4 members (excludes halogenated alkanes) is 9. The largest absolute Gasteiger partial charge is 0.746 e. The van der Waals surface area contributed by atoms with E-state index in [1.165, 1.54) is 57.8 Å². The summed E-state index contributed by atoms with van der Waals surface area (Å²) in [5.74, 6) is 1.69. The molecule has 0 fully saturated rings. The third-order valence-electron chi connectivity index (χ3n) is 7.30. The highest BCUT2D eigenvalue weighted by atomic mass is 32.1. The number of para-hydroxylation sites is 1. The second-order valence-corrected chi connectivity index (χ2v) is 13.0. The van der Waals surface area contributed by atoms with Gasteiger partial charge in [-0.2, -0.15) is 4.57 Å². The van der Waals surface area contributed by atoms with Gasteiger partial charge in [0.25, 0.3) is 0 Å². The molecular formula is C34H50NO7PS. The van der Waals surface area contributed by atoms with Crippen molar-refractivity contribution in [1.82, 2.24) is 0 Å². The van der Waals surface area contributed by atoms with Crippen LogP contribution in [-0.4, -0.2) is 32.5 Å². The summed E-state index contributed by atoms with van der Waals surface area (Å²) >= 11 is 1.56. The number of ether oxygens (including phenoxy) is 3. The molecule has 0 bridgehead atoms. The van der Waals surface area contributed by atoms with Gasteiger partial charge in [-0.25, -0.2) is 0 Å². The van der Waals surface area contributed by atoms with E-state index in [0.717, 1.165) is 23.3 Å². The lowest BCUT2D eigenvalue weighted by Gasteiger charge is -2.26. The van der Waals surface area contributed by atoms with Crippen LogP contribution in [0.25, 0.3) is 0 Å². The first-order chi connectivity index (χ1) is 21.4. The van der Waals surface area contributed by atoms with Crippen LogP contribution < -0.4 is 23.5 Å². The molecule has 0 N–H and O–H groups in total. The fourth-order valence-electron chi connectivity index (χ4n) is 4.83. The number of hydrogen-bond acceptors (Lipinski definition) is 8. The van der Waals surface area contributed by atoms with Gasteiger partial charge in [0.15, 0.2) is 12.7 Å². The van der Waals surface area contributed by atoms with Crippen molar-refractivity contribution in [2.24, 2.45) is 0 Å². The second kappa shape index (κ2) is 20.6. The van der Waals surface area contributed by atoms with E-state index in [-0.39, 0.29) is 19.0 Å². The Labute approximate surface area is 267 Å². The van der Waals surface area contributed by atoms with E-state index in [4.69, 9.17) is 23.3 Å². The Morgan fingerprint density at radius 2 is 1.50 bits per heavy atom. The maximum absolute atomic E-state index is 12.7. The average molecular weight is 648 g/mol. The zero-order chi connectivity index (χ0) is 31.5. The number of phosphoric acid groups is 1. The van der Waals surface area contributed by atoms with Gasteiger partial charge in [-0.3, -0.25) is 4.57 Å². The summed E-state index contributed by atoms with van der Waals surface area (Å²) < 4.78 is 43.1. The van der Waals surface area contributed by atoms with Crippen molar-refractivity contribution < 1.29 is 37.3 Å². The predicted molar refractivity (Wildman–Crippen MR) is 174 cm³/mol. The lowest BCUT2D eigenvalue weighted by Crippen LogP contribution is -2.31. The van der Waals surface area contributed by atoms with Crippen LogP contribution in [0.4, 0.5) is 0 Å². The van der Waals surface area contributed by atoms with Crippen molar-refractivity contribution in [3.63, 3.8) is 0 Å². The molecule has 244 valence electrons. The van der Waals surface area contributed by atoms with Gasteiger partial charge in [0.05, 0.1) is 24.2 Å². The topological polar surface area (TPSA) is 90.2 Å². The summed E-state index contributed by atoms with van der Waals surface area (Å²) in [5, 5.41) is 1.95. The summed E-state index contributed by atoms with van der Waals surface area (Å²) in [6, 6.07) is 12.7. The lowest BCUT2D eigenvalue weighted by molar-refractivity contribution is -0.683. The normalized spacial score (nSPS) is 13.4. The Hall–Kier alpha value is -2.42. The van der Waals surface area contributed by atoms with Gasteiger partial charge >= 0.3 is 7.82 Å². The van der Waals surface area contributed by atoms with Crippen LogP contribution in [0.1, 0.15) is 89.2 Å². The van der Waals surface area contributed by atoms with Gasteiger partial charge in [-0.05, 0) is 44.5 Å². The van der Waals surface area contributed by atoms with Crippen molar-refractivity contribution in [1.29, 1.82) is 0 Å². The fraction of sp³-hybridized carbons (Fsp3) is 0.559. The minimum Gasteiger partial charge on any atom is -0.746 e. The molecule has 8 nitrogen and oxygen atoms in total. The Morgan fingerprint density at radius 3 is 2.18 bits per heavy atom. The van der Waals surface area contributed by atoms with Gasteiger partial charge in [0.1, 0.15) is 30.0 Å². The van der Waals surface area contributed by atoms with E-state index in [9.17, 15) is 9.46 Å². The average Bonchev–Trinajstić information content (AvgIpc) is 3.53. The van der Waals surface area contributed by atoms with Gasteiger partial charge in [-0.1, -0.05) is 94.2 Å². The molecule has 0 aliphatic carbocycles. The Kier molecular flexibility index (Phi) is 16.9. The molecule has 3 aromatic rings. The molecule has 3 rings (SSSR count). The highest BCUT2D eigenvalue weighted by molar-refractivity contribution is 7.46. The van der Waals surface area contributed by atoms with E-state index >= 15 is 0 Å². The number of phosphoric ester groups is 1. The summed E-state index contributed by atoms with van der Waals surface area (Å²) in [5.41, 5.74) is 3.57. The zero-order valence-corrected chi connectivity index (χ0v) is 28.3. The molecular weight excluding hydrogens is 597 g/mol. The fourth-order valence-corrected chi connectivity index (χ4v) is 6.25. The third-order valence-corrected chi connectivity index (χ3v) is 8.86. The predicted octanol–water partition coefficient (Wildman–Crippen LogP) is 8.04. The summed E-state index contributed by atoms with van der Waals surface area (Å²) in [6.45, 7) is 7.47. The van der Waals surface area contributed by atoms with E-state index in [2.05, 4.69) is 6.92 Å². The van der Waals surface area contributed by atoms with Crippen LogP contribution in [0.15, 0.2) is 59.6 Å². The van der Waals surface area contributed by atoms with E-state index in [1.807, 2.05) is 65.8 Å². The smallest absolute Gasteiger partial charge is 0.319 e. The molecule has 44 heavy (non-hydrogen) atoms. The van der Waals surface area contributed by atoms with Crippen LogP contribution in [0.2, 0.25) is 0 Å². The highest BCUT2D eigenvalue weighted by Crippen LogP contribution is 2.41. The number of benzene rings is 2. The Balaban J connectivity index is 1.42. The van der Waals surface area contributed by atoms with Crippen molar-refractivity contribution in [3.8, 4) is 17.2 Å². The maximum atomic E-state index is 12.7. The standard InChI is InChI=1S/C34H50NO7PS/c1-4-6-7-8-9-10-11-12-13-16-23-39-32-20-17-21-33(29(32)3)40-26-31(38-5-2)27-41-43(36,37)42-34-19-15-14-18-30(34)25-35-22-24-44-28-35/h14-15,17-22,24,28,31H,4-13,16,23,25-27H2,1-3H3. The first-order valence-electron chi connectivity index (χ1n) is 16.0. The molecule has 10 heteroatoms. The molecule has 1 aromatic heterocycles. The molecule has 2 unspecified atom stereocenters. The molecule has 1 heterocycles. The second-order valence-electron chi connectivity index (χ2n) is 10.9. The van der Waals surface area contributed by atoms with Crippen LogP contribution in [-0.2, 0) is 20.4 Å². The van der Waals surface area contributed by atoms with Crippen LogP contribution >= 0.6 is 19.2 Å². The quantitative estimate of drug-likeness (QED) is 0.0552. The highest BCUT2D eigenvalue weighted by Gasteiger charge is 2.20. The monoisotopic (exact) mass is 647 g/mol. The lowest BCUT2D eigenvalue weighted by atomic mass is 10.1. The molecule has 0 saturated carbocycles. The van der Waals surface area contributed by atoms with Crippen molar-refractivity contribution in [2.45, 2.75) is 97.6 Å². The first-order valence-corrected chi connectivity index (χ1v) is 18.4. The van der Waals surface area contributed by atoms with E-state index in [0.29, 0.717) is 25.5 Å². The molecule has 2 atom stereocenters. The van der Waals surface area contributed by atoms with Crippen molar-refractivity contribution in [2.75, 3.05) is 26.4 Å². The van der Waals surface area contributed by atoms with Crippen LogP contribution in [0.5, 0.6) is 17.2 Å². The van der Waals surface area contributed by atoms with Gasteiger partial charge in [0, 0.05) is 12.2 Å². The zero-order valence-electron chi connectivity index (χ0n) is 26.6. The molecule has 0 saturated heterocycles. The molecule has 0 aliphatic rings.